The van der Waals surface area contributed by atoms with Crippen molar-refractivity contribution in [2.24, 2.45) is 0 Å². The third-order valence-corrected chi connectivity index (χ3v) is 6.98. The number of rotatable bonds is 17. The zero-order valence-electron chi connectivity index (χ0n) is 25.3. The normalized spacial score (nSPS) is 21.5. The first-order valence-corrected chi connectivity index (χ1v) is 14.7. The Balaban J connectivity index is 1.44. The molecule has 2 saturated carbocycles. The number of hydrogen-bond acceptors (Lipinski definition) is 11. The molecule has 0 saturated heterocycles. The highest BCUT2D eigenvalue weighted by atomic mass is 16.6. The van der Waals surface area contributed by atoms with Crippen LogP contribution in [0, 0.1) is 0 Å². The fraction of sp³-hybridized carbons (Fsp3) is 0.786. The first-order valence-electron chi connectivity index (χ1n) is 14.7. The number of methoxy groups -OCH3 is 2. The van der Waals surface area contributed by atoms with Crippen molar-refractivity contribution in [2.45, 2.75) is 75.5 Å². The Hall–Kier alpha value is -3.30. The SMILES string of the molecule is C=C(COCCOC)COCCOC(=O)NC1CCC(NC(=O)OCCOC(=O)NC2CCC(NC(=O)OC)CC2)CC1. The molecule has 0 atom stereocenters. The van der Waals surface area contributed by atoms with Crippen LogP contribution in [-0.4, -0.2) is 116 Å². The Kier molecular flexibility index (Phi) is 17.9. The number of alkyl carbamates (subject to hydrolysis) is 4. The van der Waals surface area contributed by atoms with E-state index in [1.165, 1.54) is 7.11 Å². The predicted molar refractivity (Wildman–Crippen MR) is 154 cm³/mol. The van der Waals surface area contributed by atoms with Crippen LogP contribution in [0.25, 0.3) is 0 Å². The van der Waals surface area contributed by atoms with Gasteiger partial charge < -0.3 is 54.4 Å². The van der Waals surface area contributed by atoms with Gasteiger partial charge in [-0.3, -0.25) is 0 Å². The molecule has 0 heterocycles. The molecule has 2 rings (SSSR count). The molecule has 4 amide bonds. The molecule has 2 aliphatic carbocycles. The van der Waals surface area contributed by atoms with Gasteiger partial charge in [0.2, 0.25) is 0 Å². The summed E-state index contributed by atoms with van der Waals surface area (Å²) < 4.78 is 35.7. The van der Waals surface area contributed by atoms with Crippen LogP contribution in [0.15, 0.2) is 12.2 Å². The minimum Gasteiger partial charge on any atom is -0.453 e. The number of amides is 4. The van der Waals surface area contributed by atoms with Crippen molar-refractivity contribution < 1.29 is 52.3 Å². The van der Waals surface area contributed by atoms with E-state index >= 15 is 0 Å². The van der Waals surface area contributed by atoms with E-state index in [0.29, 0.717) is 65.0 Å². The van der Waals surface area contributed by atoms with Gasteiger partial charge in [-0.15, -0.1) is 0 Å². The molecule has 2 fully saturated rings. The Morgan fingerprint density at radius 2 is 0.860 bits per heavy atom. The molecule has 0 spiro atoms. The van der Waals surface area contributed by atoms with Gasteiger partial charge in [0, 0.05) is 31.3 Å². The first-order chi connectivity index (χ1) is 20.8. The molecule has 0 aliphatic heterocycles. The summed E-state index contributed by atoms with van der Waals surface area (Å²) in [6.45, 7) is 5.80. The molecule has 4 N–H and O–H groups in total. The van der Waals surface area contributed by atoms with Crippen molar-refractivity contribution in [2.75, 3.05) is 67.1 Å². The molecule has 0 radical (unpaired) electrons. The van der Waals surface area contributed by atoms with Gasteiger partial charge in [0.05, 0.1) is 40.1 Å². The minimum atomic E-state index is -0.583. The summed E-state index contributed by atoms with van der Waals surface area (Å²) in [5.74, 6) is 0. The highest BCUT2D eigenvalue weighted by molar-refractivity contribution is 5.69. The van der Waals surface area contributed by atoms with Crippen molar-refractivity contribution in [3.8, 4) is 0 Å². The lowest BCUT2D eigenvalue weighted by Gasteiger charge is -2.29. The maximum Gasteiger partial charge on any atom is 0.407 e. The molecule has 0 aromatic rings. The van der Waals surface area contributed by atoms with Gasteiger partial charge >= 0.3 is 24.4 Å². The standard InChI is InChI=1S/C28H48N4O11/c1-20(18-39-13-12-37-2)19-40-14-15-41-26(34)30-23-8-10-24(11-9-23)32-28(36)43-17-16-42-27(35)31-22-6-4-21(5-7-22)29-25(33)38-3/h21-24H,1,4-19H2,2-3H3,(H,29,33)(H,30,34)(H,31,35)(H,32,36). The molecule has 15 nitrogen and oxygen atoms in total. The summed E-state index contributed by atoms with van der Waals surface area (Å²) >= 11 is 0. The number of hydrogen-bond donors (Lipinski definition) is 4. The number of ether oxygens (including phenoxy) is 7. The van der Waals surface area contributed by atoms with Crippen molar-refractivity contribution in [1.29, 1.82) is 0 Å². The van der Waals surface area contributed by atoms with Gasteiger partial charge in [0.1, 0.15) is 19.8 Å². The summed E-state index contributed by atoms with van der Waals surface area (Å²) in [6.07, 6.45) is 3.47. The van der Waals surface area contributed by atoms with Crippen LogP contribution >= 0.6 is 0 Å². The molecule has 0 unspecified atom stereocenters. The average Bonchev–Trinajstić information content (AvgIpc) is 2.99. The zero-order valence-corrected chi connectivity index (χ0v) is 25.3. The lowest BCUT2D eigenvalue weighted by atomic mass is 9.91. The van der Waals surface area contributed by atoms with E-state index in [4.69, 9.17) is 28.4 Å². The molecule has 0 aromatic carbocycles. The highest BCUT2D eigenvalue weighted by Crippen LogP contribution is 2.20. The zero-order chi connectivity index (χ0) is 31.3. The Morgan fingerprint density at radius 1 is 0.535 bits per heavy atom. The lowest BCUT2D eigenvalue weighted by Crippen LogP contribution is -2.44. The van der Waals surface area contributed by atoms with Gasteiger partial charge in [-0.1, -0.05) is 6.58 Å². The maximum absolute atomic E-state index is 12.1. The monoisotopic (exact) mass is 616 g/mol. The van der Waals surface area contributed by atoms with Gasteiger partial charge in [-0.05, 0) is 56.9 Å². The third kappa shape index (κ3) is 16.8. The summed E-state index contributed by atoms with van der Waals surface area (Å²) in [5.41, 5.74) is 0.785. The van der Waals surface area contributed by atoms with E-state index < -0.39 is 24.4 Å². The molecular formula is C28H48N4O11. The van der Waals surface area contributed by atoms with Gasteiger partial charge in [-0.2, -0.15) is 0 Å². The van der Waals surface area contributed by atoms with Crippen LogP contribution in [0.5, 0.6) is 0 Å². The van der Waals surface area contributed by atoms with Gasteiger partial charge in [0.15, 0.2) is 0 Å². The van der Waals surface area contributed by atoms with Gasteiger partial charge in [0.25, 0.3) is 0 Å². The van der Waals surface area contributed by atoms with Crippen molar-refractivity contribution in [3.63, 3.8) is 0 Å². The molecule has 0 aromatic heterocycles. The smallest absolute Gasteiger partial charge is 0.407 e. The van der Waals surface area contributed by atoms with Crippen LogP contribution in [0.3, 0.4) is 0 Å². The number of carbonyl (C=O) groups is 4. The predicted octanol–water partition coefficient (Wildman–Crippen LogP) is 2.38. The first kappa shape index (κ1) is 35.9. The van der Waals surface area contributed by atoms with E-state index in [1.807, 2.05) is 0 Å². The molecule has 0 bridgehead atoms. The molecular weight excluding hydrogens is 568 g/mol. The fourth-order valence-corrected chi connectivity index (χ4v) is 4.69. The summed E-state index contributed by atoms with van der Waals surface area (Å²) in [4.78, 5) is 47.5. The Labute approximate surface area is 253 Å². The fourth-order valence-electron chi connectivity index (χ4n) is 4.69. The van der Waals surface area contributed by atoms with Crippen LogP contribution < -0.4 is 21.3 Å². The third-order valence-electron chi connectivity index (χ3n) is 6.98. The molecule has 246 valence electrons. The summed E-state index contributed by atoms with van der Waals surface area (Å²) in [7, 11) is 2.93. The van der Waals surface area contributed by atoms with E-state index in [0.717, 1.165) is 18.4 Å². The maximum atomic E-state index is 12.1. The van der Waals surface area contributed by atoms with E-state index in [9.17, 15) is 19.2 Å². The van der Waals surface area contributed by atoms with Crippen molar-refractivity contribution in [3.05, 3.63) is 12.2 Å². The van der Waals surface area contributed by atoms with Crippen LogP contribution in [0.1, 0.15) is 51.4 Å². The molecule has 15 heteroatoms. The van der Waals surface area contributed by atoms with E-state index in [2.05, 4.69) is 32.6 Å². The molecule has 2 aliphatic rings. The quantitative estimate of drug-likeness (QED) is 0.107. The van der Waals surface area contributed by atoms with Crippen LogP contribution in [0.4, 0.5) is 19.2 Å². The van der Waals surface area contributed by atoms with Crippen molar-refractivity contribution in [1.82, 2.24) is 21.3 Å². The average molecular weight is 617 g/mol. The summed E-state index contributed by atoms with van der Waals surface area (Å²) in [6, 6.07) is -0.129. The number of carbonyl (C=O) groups excluding carboxylic acids is 4. The van der Waals surface area contributed by atoms with E-state index in [1.54, 1.807) is 7.11 Å². The second kappa shape index (κ2) is 21.4. The lowest BCUT2D eigenvalue weighted by molar-refractivity contribution is 0.0615. The van der Waals surface area contributed by atoms with Crippen molar-refractivity contribution >= 4 is 24.4 Å². The summed E-state index contributed by atoms with van der Waals surface area (Å²) in [5, 5.41) is 11.2. The van der Waals surface area contributed by atoms with E-state index in [-0.39, 0.29) is 50.6 Å². The minimum absolute atomic E-state index is 0.0297. The van der Waals surface area contributed by atoms with Gasteiger partial charge in [-0.25, -0.2) is 19.2 Å². The second-order valence-electron chi connectivity index (χ2n) is 10.4. The Bertz CT molecular complexity index is 860. The largest absolute Gasteiger partial charge is 0.453 e. The number of nitrogens with one attached hydrogen (secondary N) is 4. The highest BCUT2D eigenvalue weighted by Gasteiger charge is 2.25. The van der Waals surface area contributed by atoms with Crippen LogP contribution in [0.2, 0.25) is 0 Å². The second-order valence-corrected chi connectivity index (χ2v) is 10.4. The molecule has 43 heavy (non-hydrogen) atoms. The topological polar surface area (TPSA) is 181 Å². The van der Waals surface area contributed by atoms with Crippen LogP contribution in [-0.2, 0) is 33.2 Å². The Morgan fingerprint density at radius 3 is 1.21 bits per heavy atom.